The Hall–Kier alpha value is 0.500. The molecular weight excluding hydrogens is 209 g/mol. The SMILES string of the molecule is CCOCCNC(CC)(CCl)CCl. The van der Waals surface area contributed by atoms with Crippen molar-refractivity contribution in [3.8, 4) is 0 Å². The molecule has 80 valence electrons. The quantitative estimate of drug-likeness (QED) is 0.508. The Balaban J connectivity index is 3.68. The van der Waals surface area contributed by atoms with E-state index in [1.807, 2.05) is 6.92 Å². The Kier molecular flexibility index (Phi) is 8.17. The first-order chi connectivity index (χ1) is 6.24. The van der Waals surface area contributed by atoms with Crippen LogP contribution in [0.1, 0.15) is 20.3 Å². The summed E-state index contributed by atoms with van der Waals surface area (Å²) in [5, 5.41) is 3.33. The average Bonchev–Trinajstić information content (AvgIpc) is 2.20. The molecule has 0 aliphatic heterocycles. The van der Waals surface area contributed by atoms with Crippen molar-refractivity contribution in [3.63, 3.8) is 0 Å². The summed E-state index contributed by atoms with van der Waals surface area (Å²) in [6, 6.07) is 0. The van der Waals surface area contributed by atoms with Crippen LogP contribution in [0.15, 0.2) is 0 Å². The van der Waals surface area contributed by atoms with Gasteiger partial charge in [0.25, 0.3) is 0 Å². The van der Waals surface area contributed by atoms with Gasteiger partial charge in [0.15, 0.2) is 0 Å². The van der Waals surface area contributed by atoms with E-state index in [1.165, 1.54) is 0 Å². The van der Waals surface area contributed by atoms with Crippen LogP contribution in [0.3, 0.4) is 0 Å². The molecule has 0 amide bonds. The molecule has 0 aromatic carbocycles. The van der Waals surface area contributed by atoms with Crippen LogP contribution in [0.5, 0.6) is 0 Å². The number of alkyl halides is 2. The summed E-state index contributed by atoms with van der Waals surface area (Å²) in [7, 11) is 0. The van der Waals surface area contributed by atoms with E-state index in [1.54, 1.807) is 0 Å². The minimum atomic E-state index is -0.125. The zero-order valence-corrected chi connectivity index (χ0v) is 9.92. The molecule has 0 rings (SSSR count). The summed E-state index contributed by atoms with van der Waals surface area (Å²) >= 11 is 11.7. The number of halogens is 2. The highest BCUT2D eigenvalue weighted by Gasteiger charge is 2.24. The van der Waals surface area contributed by atoms with Crippen LogP contribution in [0.25, 0.3) is 0 Å². The molecule has 0 radical (unpaired) electrons. The average molecular weight is 228 g/mol. The number of ether oxygens (including phenoxy) is 1. The summed E-state index contributed by atoms with van der Waals surface area (Å²) < 4.78 is 5.21. The zero-order chi connectivity index (χ0) is 10.2. The van der Waals surface area contributed by atoms with E-state index < -0.39 is 0 Å². The fraction of sp³-hybridized carbons (Fsp3) is 1.00. The molecule has 0 fully saturated rings. The first kappa shape index (κ1) is 13.5. The second-order valence-corrected chi connectivity index (χ2v) is 3.56. The summed E-state index contributed by atoms with van der Waals surface area (Å²) in [4.78, 5) is 0. The molecule has 4 heteroatoms. The van der Waals surface area contributed by atoms with E-state index in [9.17, 15) is 0 Å². The lowest BCUT2D eigenvalue weighted by Gasteiger charge is -2.29. The van der Waals surface area contributed by atoms with Crippen molar-refractivity contribution in [3.05, 3.63) is 0 Å². The van der Waals surface area contributed by atoms with Gasteiger partial charge in [-0.1, -0.05) is 6.92 Å². The van der Waals surface area contributed by atoms with E-state index in [0.29, 0.717) is 18.4 Å². The second kappa shape index (κ2) is 7.86. The van der Waals surface area contributed by atoms with E-state index in [2.05, 4.69) is 12.2 Å². The maximum atomic E-state index is 5.85. The maximum absolute atomic E-state index is 5.85. The molecule has 0 spiro atoms. The standard InChI is InChI=1S/C9H19Cl2NO/c1-3-9(7-10,8-11)12-5-6-13-4-2/h12H,3-8H2,1-2H3. The van der Waals surface area contributed by atoms with Crippen molar-refractivity contribution in [1.82, 2.24) is 5.32 Å². The topological polar surface area (TPSA) is 21.3 Å². The molecule has 0 aromatic rings. The fourth-order valence-corrected chi connectivity index (χ4v) is 1.83. The van der Waals surface area contributed by atoms with Gasteiger partial charge in [-0.2, -0.15) is 0 Å². The summed E-state index contributed by atoms with van der Waals surface area (Å²) in [5.41, 5.74) is -0.125. The predicted molar refractivity (Wildman–Crippen MR) is 59.0 cm³/mol. The molecule has 0 atom stereocenters. The van der Waals surface area contributed by atoms with Gasteiger partial charge in [0, 0.05) is 30.5 Å². The van der Waals surface area contributed by atoms with Gasteiger partial charge >= 0.3 is 0 Å². The molecule has 0 saturated carbocycles. The first-order valence-corrected chi connectivity index (χ1v) is 5.76. The van der Waals surface area contributed by atoms with Gasteiger partial charge < -0.3 is 10.1 Å². The number of hydrogen-bond donors (Lipinski definition) is 1. The molecular formula is C9H19Cl2NO. The molecule has 0 heterocycles. The minimum Gasteiger partial charge on any atom is -0.380 e. The minimum absolute atomic E-state index is 0.125. The highest BCUT2D eigenvalue weighted by molar-refractivity contribution is 6.22. The normalized spacial score (nSPS) is 12.0. The van der Waals surface area contributed by atoms with E-state index >= 15 is 0 Å². The lowest BCUT2D eigenvalue weighted by atomic mass is 10.0. The van der Waals surface area contributed by atoms with Crippen molar-refractivity contribution in [2.45, 2.75) is 25.8 Å². The molecule has 1 N–H and O–H groups in total. The Bertz CT molecular complexity index is 110. The summed E-state index contributed by atoms with van der Waals surface area (Å²) in [6.07, 6.45) is 0.937. The first-order valence-electron chi connectivity index (χ1n) is 4.69. The van der Waals surface area contributed by atoms with Gasteiger partial charge in [0.05, 0.1) is 6.61 Å². The highest BCUT2D eigenvalue weighted by Crippen LogP contribution is 2.14. The zero-order valence-electron chi connectivity index (χ0n) is 8.41. The molecule has 13 heavy (non-hydrogen) atoms. The Morgan fingerprint density at radius 1 is 1.23 bits per heavy atom. The summed E-state index contributed by atoms with van der Waals surface area (Å²) in [5.74, 6) is 1.08. The van der Waals surface area contributed by atoms with Crippen molar-refractivity contribution in [2.75, 3.05) is 31.5 Å². The summed E-state index contributed by atoms with van der Waals surface area (Å²) in [6.45, 7) is 6.34. The van der Waals surface area contributed by atoms with Gasteiger partial charge in [-0.05, 0) is 13.3 Å². The number of nitrogens with one attached hydrogen (secondary N) is 1. The molecule has 0 aliphatic rings. The monoisotopic (exact) mass is 227 g/mol. The smallest absolute Gasteiger partial charge is 0.0590 e. The lowest BCUT2D eigenvalue weighted by Crippen LogP contribution is -2.49. The van der Waals surface area contributed by atoms with Gasteiger partial charge in [0.1, 0.15) is 0 Å². The molecule has 0 aliphatic carbocycles. The molecule has 0 aromatic heterocycles. The van der Waals surface area contributed by atoms with Gasteiger partial charge in [-0.3, -0.25) is 0 Å². The molecule has 0 bridgehead atoms. The van der Waals surface area contributed by atoms with Crippen molar-refractivity contribution in [2.24, 2.45) is 0 Å². The second-order valence-electron chi connectivity index (χ2n) is 3.02. The van der Waals surface area contributed by atoms with Gasteiger partial charge in [-0.15, -0.1) is 23.2 Å². The largest absolute Gasteiger partial charge is 0.380 e. The predicted octanol–water partition coefficient (Wildman–Crippen LogP) is 2.24. The van der Waals surface area contributed by atoms with Crippen LogP contribution in [-0.2, 0) is 4.74 Å². The highest BCUT2D eigenvalue weighted by atomic mass is 35.5. The van der Waals surface area contributed by atoms with Crippen molar-refractivity contribution < 1.29 is 4.74 Å². The third-order valence-corrected chi connectivity index (χ3v) is 3.16. The van der Waals surface area contributed by atoms with Gasteiger partial charge in [0.2, 0.25) is 0 Å². The fourth-order valence-electron chi connectivity index (χ4n) is 0.977. The van der Waals surface area contributed by atoms with E-state index in [0.717, 1.165) is 19.6 Å². The molecule has 0 saturated heterocycles. The van der Waals surface area contributed by atoms with E-state index in [4.69, 9.17) is 27.9 Å². The number of hydrogen-bond acceptors (Lipinski definition) is 2. The van der Waals surface area contributed by atoms with Crippen LogP contribution < -0.4 is 5.32 Å². The van der Waals surface area contributed by atoms with Crippen LogP contribution in [0.4, 0.5) is 0 Å². The van der Waals surface area contributed by atoms with Gasteiger partial charge in [-0.25, -0.2) is 0 Å². The Morgan fingerprint density at radius 3 is 2.23 bits per heavy atom. The van der Waals surface area contributed by atoms with Crippen molar-refractivity contribution >= 4 is 23.2 Å². The van der Waals surface area contributed by atoms with Crippen LogP contribution in [0.2, 0.25) is 0 Å². The molecule has 2 nitrogen and oxygen atoms in total. The van der Waals surface area contributed by atoms with E-state index in [-0.39, 0.29) is 5.54 Å². The third-order valence-electron chi connectivity index (χ3n) is 2.14. The molecule has 0 unspecified atom stereocenters. The van der Waals surface area contributed by atoms with Crippen LogP contribution in [0, 0.1) is 0 Å². The van der Waals surface area contributed by atoms with Crippen LogP contribution in [-0.4, -0.2) is 37.1 Å². The van der Waals surface area contributed by atoms with Crippen LogP contribution >= 0.6 is 23.2 Å². The maximum Gasteiger partial charge on any atom is 0.0590 e. The third kappa shape index (κ3) is 5.06. The Labute approximate surface area is 90.9 Å². The van der Waals surface area contributed by atoms with Crippen molar-refractivity contribution in [1.29, 1.82) is 0 Å². The number of rotatable bonds is 8. The Morgan fingerprint density at radius 2 is 1.85 bits per heavy atom. The lowest BCUT2D eigenvalue weighted by molar-refractivity contribution is 0.142.